The number of benzene rings is 2. The van der Waals surface area contributed by atoms with Crippen LogP contribution in [0.4, 0.5) is 8.78 Å². The van der Waals surface area contributed by atoms with Crippen molar-refractivity contribution in [3.8, 4) is 11.5 Å². The Morgan fingerprint density at radius 2 is 1.68 bits per heavy atom. The van der Waals surface area contributed by atoms with Gasteiger partial charge in [-0.05, 0) is 24.6 Å². The first-order valence-electron chi connectivity index (χ1n) is 5.57. The van der Waals surface area contributed by atoms with Crippen LogP contribution in [-0.2, 0) is 0 Å². The molecule has 0 aromatic heterocycles. The maximum absolute atomic E-state index is 13.0. The lowest BCUT2D eigenvalue weighted by atomic mass is 10.1. The van der Waals surface area contributed by atoms with E-state index in [0.29, 0.717) is 16.3 Å². The van der Waals surface area contributed by atoms with Gasteiger partial charge in [0.1, 0.15) is 23.1 Å². The van der Waals surface area contributed by atoms with Crippen molar-refractivity contribution in [2.45, 2.75) is 13.0 Å². The summed E-state index contributed by atoms with van der Waals surface area (Å²) in [6, 6.07) is 7.54. The quantitative estimate of drug-likeness (QED) is 0.901. The van der Waals surface area contributed by atoms with Crippen LogP contribution in [0.3, 0.4) is 0 Å². The Morgan fingerprint density at radius 1 is 1.05 bits per heavy atom. The van der Waals surface area contributed by atoms with E-state index in [0.717, 1.165) is 18.2 Å². The van der Waals surface area contributed by atoms with Crippen LogP contribution in [0.25, 0.3) is 0 Å². The number of hydrogen-bond donors (Lipinski definition) is 1. The minimum absolute atomic E-state index is 0.0402. The molecule has 1 atom stereocenters. The van der Waals surface area contributed by atoms with E-state index in [2.05, 4.69) is 0 Å². The summed E-state index contributed by atoms with van der Waals surface area (Å²) in [5, 5.41) is 9.76. The number of aliphatic hydroxyl groups excluding tert-OH is 1. The first kappa shape index (κ1) is 13.8. The van der Waals surface area contributed by atoms with Crippen LogP contribution in [0, 0.1) is 11.6 Å². The van der Waals surface area contributed by atoms with Gasteiger partial charge in [-0.25, -0.2) is 8.78 Å². The van der Waals surface area contributed by atoms with E-state index in [1.165, 1.54) is 6.07 Å². The summed E-state index contributed by atoms with van der Waals surface area (Å²) < 4.78 is 31.3. The molecule has 0 bridgehead atoms. The third kappa shape index (κ3) is 3.43. The Hall–Kier alpha value is -1.65. The van der Waals surface area contributed by atoms with Crippen LogP contribution in [0.5, 0.6) is 11.5 Å². The van der Waals surface area contributed by atoms with Crippen molar-refractivity contribution in [2.75, 3.05) is 0 Å². The van der Waals surface area contributed by atoms with E-state index in [1.54, 1.807) is 19.1 Å². The van der Waals surface area contributed by atoms with Gasteiger partial charge in [-0.15, -0.1) is 0 Å². The van der Waals surface area contributed by atoms with Crippen molar-refractivity contribution in [1.29, 1.82) is 0 Å². The molecule has 5 heteroatoms. The molecule has 0 saturated carbocycles. The molecule has 2 aromatic carbocycles. The molecule has 1 unspecified atom stereocenters. The molecule has 0 aliphatic carbocycles. The number of halogens is 3. The lowest BCUT2D eigenvalue weighted by Gasteiger charge is -2.10. The minimum atomic E-state index is -0.721. The molecule has 2 aromatic rings. The second-order valence-electron chi connectivity index (χ2n) is 4.07. The molecule has 19 heavy (non-hydrogen) atoms. The maximum atomic E-state index is 13.0. The van der Waals surface area contributed by atoms with Gasteiger partial charge in [0.05, 0.1) is 11.1 Å². The van der Waals surface area contributed by atoms with Crippen LogP contribution in [0.15, 0.2) is 36.4 Å². The summed E-state index contributed by atoms with van der Waals surface area (Å²) in [4.78, 5) is 0. The second kappa shape index (κ2) is 5.55. The third-order valence-corrected chi connectivity index (χ3v) is 2.82. The molecule has 0 aliphatic heterocycles. The molecule has 0 amide bonds. The van der Waals surface area contributed by atoms with Crippen LogP contribution in [0.1, 0.15) is 18.6 Å². The van der Waals surface area contributed by atoms with Crippen molar-refractivity contribution in [2.24, 2.45) is 0 Å². The van der Waals surface area contributed by atoms with Gasteiger partial charge in [-0.3, -0.25) is 0 Å². The standard InChI is InChI=1S/C14H11ClF2O2/c1-8(18)13-3-2-11(7-14(13)15)19-12-5-9(16)4-10(17)6-12/h2-8,18H,1H3. The Bertz CT molecular complexity index is 580. The molecular weight excluding hydrogens is 274 g/mol. The molecule has 1 N–H and O–H groups in total. The second-order valence-corrected chi connectivity index (χ2v) is 4.47. The maximum Gasteiger partial charge on any atom is 0.133 e. The molecule has 0 fully saturated rings. The molecule has 0 spiro atoms. The summed E-state index contributed by atoms with van der Waals surface area (Å²) in [5.41, 5.74) is 0.555. The van der Waals surface area contributed by atoms with Crippen molar-refractivity contribution in [1.82, 2.24) is 0 Å². The van der Waals surface area contributed by atoms with E-state index < -0.39 is 17.7 Å². The Morgan fingerprint density at radius 3 is 2.21 bits per heavy atom. The fourth-order valence-electron chi connectivity index (χ4n) is 1.63. The predicted molar refractivity (Wildman–Crippen MR) is 68.5 cm³/mol. The summed E-state index contributed by atoms with van der Waals surface area (Å²) in [5.74, 6) is -1.07. The van der Waals surface area contributed by atoms with Gasteiger partial charge < -0.3 is 9.84 Å². The average molecular weight is 285 g/mol. The highest BCUT2D eigenvalue weighted by atomic mass is 35.5. The number of aliphatic hydroxyl groups is 1. The monoisotopic (exact) mass is 284 g/mol. The molecule has 100 valence electrons. The Kier molecular flexibility index (Phi) is 4.02. The summed E-state index contributed by atoms with van der Waals surface area (Å²) in [6.45, 7) is 1.59. The van der Waals surface area contributed by atoms with Crippen LogP contribution in [0.2, 0.25) is 5.02 Å². The Labute approximate surface area is 114 Å². The highest BCUT2D eigenvalue weighted by Crippen LogP contribution is 2.30. The zero-order valence-corrected chi connectivity index (χ0v) is 10.8. The molecule has 0 heterocycles. The van der Waals surface area contributed by atoms with Gasteiger partial charge in [-0.1, -0.05) is 17.7 Å². The molecule has 0 radical (unpaired) electrons. The minimum Gasteiger partial charge on any atom is -0.457 e. The molecule has 0 saturated heterocycles. The van der Waals surface area contributed by atoms with Crippen molar-refractivity contribution in [3.05, 3.63) is 58.6 Å². The zero-order valence-electron chi connectivity index (χ0n) is 10.0. The fraction of sp³-hybridized carbons (Fsp3) is 0.143. The number of ether oxygens (including phenoxy) is 1. The molecule has 0 aliphatic rings. The van der Waals surface area contributed by atoms with Gasteiger partial charge in [0.2, 0.25) is 0 Å². The summed E-state index contributed by atoms with van der Waals surface area (Å²) in [7, 11) is 0. The number of hydrogen-bond acceptors (Lipinski definition) is 2. The zero-order chi connectivity index (χ0) is 14.0. The van der Waals surface area contributed by atoms with E-state index in [-0.39, 0.29) is 5.75 Å². The van der Waals surface area contributed by atoms with E-state index in [1.807, 2.05) is 0 Å². The van der Waals surface area contributed by atoms with Crippen LogP contribution in [-0.4, -0.2) is 5.11 Å². The van der Waals surface area contributed by atoms with E-state index in [4.69, 9.17) is 16.3 Å². The van der Waals surface area contributed by atoms with E-state index in [9.17, 15) is 13.9 Å². The van der Waals surface area contributed by atoms with Crippen LogP contribution >= 0.6 is 11.6 Å². The smallest absolute Gasteiger partial charge is 0.133 e. The lowest BCUT2D eigenvalue weighted by Crippen LogP contribution is -1.93. The SMILES string of the molecule is CC(O)c1ccc(Oc2cc(F)cc(F)c2)cc1Cl. The fourth-order valence-corrected chi connectivity index (χ4v) is 1.96. The predicted octanol–water partition coefficient (Wildman–Crippen LogP) is 4.46. The highest BCUT2D eigenvalue weighted by Gasteiger charge is 2.09. The first-order valence-corrected chi connectivity index (χ1v) is 5.95. The molecular formula is C14H11ClF2O2. The third-order valence-electron chi connectivity index (χ3n) is 2.49. The van der Waals surface area contributed by atoms with Gasteiger partial charge >= 0.3 is 0 Å². The van der Waals surface area contributed by atoms with Crippen molar-refractivity contribution in [3.63, 3.8) is 0 Å². The summed E-state index contributed by atoms with van der Waals surface area (Å²) >= 11 is 5.97. The molecule has 2 nitrogen and oxygen atoms in total. The highest BCUT2D eigenvalue weighted by molar-refractivity contribution is 6.31. The summed E-state index contributed by atoms with van der Waals surface area (Å²) in [6.07, 6.45) is -0.701. The topological polar surface area (TPSA) is 29.5 Å². The van der Waals surface area contributed by atoms with Gasteiger partial charge in [-0.2, -0.15) is 0 Å². The normalized spacial score (nSPS) is 12.3. The van der Waals surface area contributed by atoms with E-state index >= 15 is 0 Å². The van der Waals surface area contributed by atoms with Gasteiger partial charge in [0.15, 0.2) is 0 Å². The lowest BCUT2D eigenvalue weighted by molar-refractivity contribution is 0.199. The van der Waals surface area contributed by atoms with Gasteiger partial charge in [0.25, 0.3) is 0 Å². The van der Waals surface area contributed by atoms with Crippen molar-refractivity contribution >= 4 is 11.6 Å². The average Bonchev–Trinajstić information content (AvgIpc) is 2.26. The van der Waals surface area contributed by atoms with Crippen LogP contribution < -0.4 is 4.74 Å². The van der Waals surface area contributed by atoms with Gasteiger partial charge in [0, 0.05) is 18.2 Å². The first-order chi connectivity index (χ1) is 8.95. The molecule has 2 rings (SSSR count). The Balaban J connectivity index is 2.26. The number of rotatable bonds is 3. The van der Waals surface area contributed by atoms with Crippen molar-refractivity contribution < 1.29 is 18.6 Å². The largest absolute Gasteiger partial charge is 0.457 e.